The van der Waals surface area contributed by atoms with E-state index in [0.29, 0.717) is 0 Å². The first-order chi connectivity index (χ1) is 13.4. The topological polar surface area (TPSA) is 66.0 Å². The maximum atomic E-state index is 12.6. The molecule has 138 valence electrons. The van der Waals surface area contributed by atoms with Crippen LogP contribution in [0.4, 0.5) is 13.2 Å². The minimum absolute atomic E-state index is 0.0163. The molecule has 7 heteroatoms. The van der Waals surface area contributed by atoms with Crippen LogP contribution in [0, 0.1) is 22.7 Å². The molecule has 28 heavy (non-hydrogen) atoms. The van der Waals surface area contributed by atoms with Gasteiger partial charge < -0.3 is 9.47 Å². The van der Waals surface area contributed by atoms with Crippen molar-refractivity contribution in [2.75, 3.05) is 0 Å². The van der Waals surface area contributed by atoms with Gasteiger partial charge in [0.1, 0.15) is 40.7 Å². The quantitative estimate of drug-likeness (QED) is 0.426. The first-order valence-electron chi connectivity index (χ1n) is 7.97. The summed E-state index contributed by atoms with van der Waals surface area (Å²) >= 11 is 0. The average molecular weight is 380 g/mol. The molecule has 0 spiro atoms. The number of fused-ring (bicyclic) bond motifs is 2. The van der Waals surface area contributed by atoms with Crippen LogP contribution in [-0.2, 0) is 6.18 Å². The van der Waals surface area contributed by atoms with E-state index in [-0.39, 0.29) is 22.6 Å². The molecule has 0 unspecified atom stereocenters. The molecule has 2 heterocycles. The number of hydrogen-bond donors (Lipinski definition) is 0. The van der Waals surface area contributed by atoms with Gasteiger partial charge in [-0.2, -0.15) is 23.7 Å². The van der Waals surface area contributed by atoms with E-state index >= 15 is 0 Å². The maximum absolute atomic E-state index is 12.6. The van der Waals surface area contributed by atoms with Crippen molar-refractivity contribution in [3.63, 3.8) is 0 Å². The molecule has 2 aliphatic heterocycles. The fourth-order valence-corrected chi connectivity index (χ4v) is 2.37. The number of nitriles is 2. The minimum Gasteiger partial charge on any atom is -0.457 e. The summed E-state index contributed by atoms with van der Waals surface area (Å²) < 4.78 is 48.2. The predicted octanol–water partition coefficient (Wildman–Crippen LogP) is 6.03. The molecule has 0 N–H and O–H groups in total. The molecule has 3 aromatic carbocycles. The van der Waals surface area contributed by atoms with Gasteiger partial charge in [-0.25, -0.2) is 0 Å². The summed E-state index contributed by atoms with van der Waals surface area (Å²) in [7, 11) is 0. The molecule has 5 rings (SSSR count). The van der Waals surface area contributed by atoms with Crippen molar-refractivity contribution >= 4 is 0 Å². The average Bonchev–Trinajstić information content (AvgIpc) is 2.68. The van der Waals surface area contributed by atoms with E-state index in [1.807, 2.05) is 36.4 Å². The van der Waals surface area contributed by atoms with E-state index in [1.54, 1.807) is 0 Å². The third-order valence-electron chi connectivity index (χ3n) is 3.69. The van der Waals surface area contributed by atoms with Crippen LogP contribution in [0.15, 0.2) is 66.7 Å². The SMILES string of the molecule is N#Cc1cccc(Oc2cccc(C(F)(F)F)c2)c1C#N.c1cc2cc(c1)O2. The number of halogens is 3. The van der Waals surface area contributed by atoms with Crippen LogP contribution < -0.4 is 9.47 Å². The lowest BCUT2D eigenvalue weighted by Gasteiger charge is -2.13. The Labute approximate surface area is 158 Å². The number of ether oxygens (including phenoxy) is 2. The van der Waals surface area contributed by atoms with E-state index in [4.69, 9.17) is 20.0 Å². The molecule has 0 radical (unpaired) electrons. The fourth-order valence-electron chi connectivity index (χ4n) is 2.37. The minimum atomic E-state index is -4.48. The standard InChI is InChI=1S/C15H7F3N2O.C6H4O/c16-15(17,18)11-4-2-5-12(7-11)21-14-6-1-3-10(8-19)13(14)9-20;1-2-5-4-6(3-1)7-5/h1-7H;1-4H. The number of nitrogens with zero attached hydrogens (tertiary/aromatic N) is 2. The van der Waals surface area contributed by atoms with Gasteiger partial charge in [-0.1, -0.05) is 18.2 Å². The van der Waals surface area contributed by atoms with Gasteiger partial charge in [0.15, 0.2) is 0 Å². The smallest absolute Gasteiger partial charge is 0.416 e. The summed E-state index contributed by atoms with van der Waals surface area (Å²) in [5, 5.41) is 17.9. The zero-order valence-electron chi connectivity index (χ0n) is 14.2. The molecular weight excluding hydrogens is 369 g/mol. The Bertz CT molecular complexity index is 1070. The zero-order chi connectivity index (χ0) is 20.1. The molecule has 0 fully saturated rings. The highest BCUT2D eigenvalue weighted by atomic mass is 19.4. The summed E-state index contributed by atoms with van der Waals surface area (Å²) in [4.78, 5) is 0. The van der Waals surface area contributed by atoms with Crippen LogP contribution in [0.1, 0.15) is 16.7 Å². The monoisotopic (exact) mass is 380 g/mol. The van der Waals surface area contributed by atoms with E-state index in [0.717, 1.165) is 23.6 Å². The van der Waals surface area contributed by atoms with Crippen LogP contribution in [0.5, 0.6) is 23.0 Å². The molecule has 2 aliphatic rings. The van der Waals surface area contributed by atoms with Crippen LogP contribution in [0.25, 0.3) is 0 Å². The second-order valence-corrected chi connectivity index (χ2v) is 5.61. The summed E-state index contributed by atoms with van der Waals surface area (Å²) in [5.74, 6) is 1.95. The molecule has 0 amide bonds. The Kier molecular flexibility index (Phi) is 5.19. The molecule has 2 bridgehead atoms. The largest absolute Gasteiger partial charge is 0.457 e. The molecule has 0 atom stereocenters. The normalized spacial score (nSPS) is 10.9. The second kappa shape index (κ2) is 7.73. The summed E-state index contributed by atoms with van der Waals surface area (Å²) in [6.07, 6.45) is -4.48. The van der Waals surface area contributed by atoms with Crippen molar-refractivity contribution in [3.8, 4) is 35.1 Å². The van der Waals surface area contributed by atoms with Crippen molar-refractivity contribution in [2.45, 2.75) is 6.18 Å². The van der Waals surface area contributed by atoms with Gasteiger partial charge in [-0.3, -0.25) is 0 Å². The van der Waals surface area contributed by atoms with Gasteiger partial charge >= 0.3 is 6.18 Å². The summed E-state index contributed by atoms with van der Waals surface area (Å²) in [5.41, 5.74) is -0.769. The number of hydrogen-bond acceptors (Lipinski definition) is 4. The fraction of sp³-hybridized carbons (Fsp3) is 0.0476. The van der Waals surface area contributed by atoms with E-state index < -0.39 is 11.7 Å². The number of alkyl halides is 3. The van der Waals surface area contributed by atoms with Crippen LogP contribution in [0.3, 0.4) is 0 Å². The van der Waals surface area contributed by atoms with Crippen LogP contribution in [0.2, 0.25) is 0 Å². The van der Waals surface area contributed by atoms with Gasteiger partial charge in [-0.15, -0.1) is 0 Å². The van der Waals surface area contributed by atoms with E-state index in [2.05, 4.69) is 0 Å². The Balaban J connectivity index is 0.000000264. The van der Waals surface area contributed by atoms with Gasteiger partial charge in [0.05, 0.1) is 11.1 Å². The predicted molar refractivity (Wildman–Crippen MR) is 93.9 cm³/mol. The molecule has 0 saturated carbocycles. The van der Waals surface area contributed by atoms with Gasteiger partial charge in [-0.05, 0) is 42.5 Å². The lowest BCUT2D eigenvalue weighted by atomic mass is 10.1. The molecule has 0 aromatic heterocycles. The molecule has 0 aliphatic carbocycles. The lowest BCUT2D eigenvalue weighted by Crippen LogP contribution is -2.04. The number of benzene rings is 3. The van der Waals surface area contributed by atoms with Crippen molar-refractivity contribution in [1.29, 1.82) is 10.5 Å². The summed E-state index contributed by atoms with van der Waals surface area (Å²) in [6.45, 7) is 0. The zero-order valence-corrected chi connectivity index (χ0v) is 14.2. The number of rotatable bonds is 2. The first kappa shape index (κ1) is 18.8. The molecular formula is C21H11F3N2O2. The molecule has 0 saturated heterocycles. The summed E-state index contributed by atoms with van der Waals surface area (Å²) in [6, 6.07) is 20.1. The maximum Gasteiger partial charge on any atom is 0.416 e. The molecule has 4 nitrogen and oxygen atoms in total. The van der Waals surface area contributed by atoms with Crippen molar-refractivity contribution in [1.82, 2.24) is 0 Å². The first-order valence-corrected chi connectivity index (χ1v) is 7.97. The van der Waals surface area contributed by atoms with E-state index in [1.165, 1.54) is 30.3 Å². The van der Waals surface area contributed by atoms with Crippen molar-refractivity contribution in [2.24, 2.45) is 0 Å². The Hall–Kier alpha value is -3.97. The third kappa shape index (κ3) is 4.22. The highest BCUT2D eigenvalue weighted by Crippen LogP contribution is 2.34. The van der Waals surface area contributed by atoms with E-state index in [9.17, 15) is 13.2 Å². The Morgan fingerprint density at radius 3 is 1.96 bits per heavy atom. The highest BCUT2D eigenvalue weighted by Gasteiger charge is 2.30. The van der Waals surface area contributed by atoms with Crippen molar-refractivity contribution < 1.29 is 22.6 Å². The lowest BCUT2D eigenvalue weighted by molar-refractivity contribution is -0.137. The van der Waals surface area contributed by atoms with Crippen LogP contribution in [-0.4, -0.2) is 0 Å². The van der Waals surface area contributed by atoms with Crippen LogP contribution >= 0.6 is 0 Å². The highest BCUT2D eigenvalue weighted by molar-refractivity contribution is 5.55. The Morgan fingerprint density at radius 1 is 0.821 bits per heavy atom. The van der Waals surface area contributed by atoms with Gasteiger partial charge in [0.25, 0.3) is 0 Å². The Morgan fingerprint density at radius 2 is 1.46 bits per heavy atom. The van der Waals surface area contributed by atoms with Gasteiger partial charge in [0.2, 0.25) is 0 Å². The second-order valence-electron chi connectivity index (χ2n) is 5.61. The van der Waals surface area contributed by atoms with Crippen molar-refractivity contribution in [3.05, 3.63) is 83.4 Å². The van der Waals surface area contributed by atoms with Gasteiger partial charge in [0, 0.05) is 6.07 Å². The third-order valence-corrected chi connectivity index (χ3v) is 3.69. The molecule has 3 aromatic rings.